The van der Waals surface area contributed by atoms with E-state index in [1.807, 2.05) is 19.1 Å². The molecule has 0 aliphatic heterocycles. The molecule has 20 heavy (non-hydrogen) atoms. The number of fused-ring (bicyclic) bond motifs is 1. The van der Waals surface area contributed by atoms with Gasteiger partial charge in [0.25, 0.3) is 5.91 Å². The van der Waals surface area contributed by atoms with E-state index in [1.165, 1.54) is 16.9 Å². The topological polar surface area (TPSA) is 55.6 Å². The van der Waals surface area contributed by atoms with Crippen LogP contribution < -0.4 is 5.73 Å². The molecule has 0 saturated heterocycles. The van der Waals surface area contributed by atoms with Crippen LogP contribution in [0.3, 0.4) is 0 Å². The molecule has 4 nitrogen and oxygen atoms in total. The maximum Gasteiger partial charge on any atom is 0.265 e. The predicted octanol–water partition coefficient (Wildman–Crippen LogP) is 2.90. The Bertz CT molecular complexity index is 622. The molecular weight excluding hydrogens is 272 g/mol. The lowest BCUT2D eigenvalue weighted by atomic mass is 10.1. The van der Waals surface area contributed by atoms with E-state index in [-0.39, 0.29) is 5.91 Å². The number of thiophene rings is 1. The summed E-state index contributed by atoms with van der Waals surface area (Å²) in [5.74, 6) is -0.0162. The number of nitrogens with two attached hydrogens (primary N) is 1. The van der Waals surface area contributed by atoms with E-state index in [0.29, 0.717) is 23.7 Å². The minimum absolute atomic E-state index is 0.0162. The highest BCUT2D eigenvalue weighted by Crippen LogP contribution is 2.34. The van der Waals surface area contributed by atoms with Crippen LogP contribution in [0.4, 0.5) is 5.69 Å². The van der Waals surface area contributed by atoms with Crippen LogP contribution in [0.2, 0.25) is 0 Å². The van der Waals surface area contributed by atoms with Crippen molar-refractivity contribution in [3.05, 3.63) is 28.6 Å². The summed E-state index contributed by atoms with van der Waals surface area (Å²) in [5.41, 5.74) is 7.88. The second-order valence-electron chi connectivity index (χ2n) is 4.92. The average molecular weight is 292 g/mol. The van der Waals surface area contributed by atoms with Crippen molar-refractivity contribution in [2.45, 2.75) is 13.3 Å². The lowest BCUT2D eigenvalue weighted by Crippen LogP contribution is -2.28. The van der Waals surface area contributed by atoms with Crippen molar-refractivity contribution in [2.24, 2.45) is 0 Å². The molecule has 0 bridgehead atoms. The second-order valence-corrected chi connectivity index (χ2v) is 5.97. The van der Waals surface area contributed by atoms with E-state index >= 15 is 0 Å². The number of ether oxygens (including phenoxy) is 1. The van der Waals surface area contributed by atoms with Gasteiger partial charge in [-0.15, -0.1) is 11.3 Å². The fourth-order valence-corrected chi connectivity index (χ4v) is 3.32. The average Bonchev–Trinajstić information content (AvgIpc) is 2.74. The molecule has 108 valence electrons. The van der Waals surface area contributed by atoms with Crippen LogP contribution in [0.1, 0.15) is 21.7 Å². The standard InChI is InChI=1S/C15H20N2O2S/c1-10-5-6-11-12(9-10)20-14(13(11)16)15(18)17(2)7-4-8-19-3/h5-6,9H,4,7-8,16H2,1-3H3. The number of benzene rings is 1. The summed E-state index contributed by atoms with van der Waals surface area (Å²) in [6, 6.07) is 6.07. The third kappa shape index (κ3) is 2.94. The van der Waals surface area contributed by atoms with Gasteiger partial charge in [0.15, 0.2) is 0 Å². The Morgan fingerprint density at radius 3 is 2.90 bits per heavy atom. The van der Waals surface area contributed by atoms with E-state index in [4.69, 9.17) is 10.5 Å². The zero-order chi connectivity index (χ0) is 14.7. The lowest BCUT2D eigenvalue weighted by molar-refractivity contribution is 0.0785. The van der Waals surface area contributed by atoms with Crippen LogP contribution in [0.5, 0.6) is 0 Å². The molecule has 0 atom stereocenters. The van der Waals surface area contributed by atoms with E-state index in [0.717, 1.165) is 16.5 Å². The van der Waals surface area contributed by atoms with Gasteiger partial charge < -0.3 is 15.4 Å². The Hall–Kier alpha value is -1.59. The molecule has 1 heterocycles. The van der Waals surface area contributed by atoms with Gasteiger partial charge >= 0.3 is 0 Å². The number of methoxy groups -OCH3 is 1. The number of hydrogen-bond acceptors (Lipinski definition) is 4. The van der Waals surface area contributed by atoms with Crippen LogP contribution in [-0.4, -0.2) is 38.1 Å². The Labute approximate surface area is 123 Å². The van der Waals surface area contributed by atoms with E-state index in [1.54, 1.807) is 19.1 Å². The number of anilines is 1. The maximum absolute atomic E-state index is 12.4. The molecule has 1 aromatic heterocycles. The van der Waals surface area contributed by atoms with Crippen LogP contribution in [-0.2, 0) is 4.74 Å². The van der Waals surface area contributed by atoms with Crippen molar-refractivity contribution < 1.29 is 9.53 Å². The molecule has 0 saturated carbocycles. The van der Waals surface area contributed by atoms with E-state index in [2.05, 4.69) is 6.07 Å². The molecular formula is C15H20N2O2S. The van der Waals surface area contributed by atoms with Gasteiger partial charge in [0.2, 0.25) is 0 Å². The summed E-state index contributed by atoms with van der Waals surface area (Å²) < 4.78 is 6.07. The van der Waals surface area contributed by atoms with Crippen LogP contribution >= 0.6 is 11.3 Å². The first-order chi connectivity index (χ1) is 9.54. The molecule has 0 unspecified atom stereocenters. The Morgan fingerprint density at radius 1 is 1.45 bits per heavy atom. The van der Waals surface area contributed by atoms with Gasteiger partial charge in [0.05, 0.1) is 5.69 Å². The quantitative estimate of drug-likeness (QED) is 0.862. The van der Waals surface area contributed by atoms with Crippen molar-refractivity contribution in [1.82, 2.24) is 4.90 Å². The smallest absolute Gasteiger partial charge is 0.265 e. The maximum atomic E-state index is 12.4. The molecule has 1 aromatic carbocycles. The highest BCUT2D eigenvalue weighted by atomic mass is 32.1. The summed E-state index contributed by atoms with van der Waals surface area (Å²) in [5, 5.41) is 0.967. The largest absolute Gasteiger partial charge is 0.397 e. The highest BCUT2D eigenvalue weighted by Gasteiger charge is 2.19. The molecule has 5 heteroatoms. The van der Waals surface area contributed by atoms with Crippen molar-refractivity contribution in [2.75, 3.05) is 33.0 Å². The fraction of sp³-hybridized carbons (Fsp3) is 0.400. The van der Waals surface area contributed by atoms with Crippen LogP contribution in [0.25, 0.3) is 10.1 Å². The van der Waals surface area contributed by atoms with Gasteiger partial charge in [-0.25, -0.2) is 0 Å². The number of amides is 1. The number of rotatable bonds is 5. The number of hydrogen-bond donors (Lipinski definition) is 1. The molecule has 0 spiro atoms. The number of aryl methyl sites for hydroxylation is 1. The lowest BCUT2D eigenvalue weighted by Gasteiger charge is -2.16. The molecule has 0 aliphatic rings. The number of nitrogens with zero attached hydrogens (tertiary/aromatic N) is 1. The normalized spacial score (nSPS) is 10.9. The molecule has 2 rings (SSSR count). The third-order valence-electron chi connectivity index (χ3n) is 3.27. The van der Waals surface area contributed by atoms with E-state index < -0.39 is 0 Å². The van der Waals surface area contributed by atoms with Gasteiger partial charge in [0.1, 0.15) is 4.88 Å². The molecule has 2 aromatic rings. The number of carbonyl (C=O) groups is 1. The van der Waals surface area contributed by atoms with Gasteiger partial charge in [-0.3, -0.25) is 4.79 Å². The SMILES string of the molecule is COCCCN(C)C(=O)c1sc2cc(C)ccc2c1N. The summed E-state index contributed by atoms with van der Waals surface area (Å²) in [7, 11) is 3.46. The molecule has 0 aliphatic carbocycles. The Morgan fingerprint density at radius 2 is 2.20 bits per heavy atom. The minimum Gasteiger partial charge on any atom is -0.397 e. The van der Waals surface area contributed by atoms with Crippen molar-refractivity contribution in [1.29, 1.82) is 0 Å². The zero-order valence-corrected chi connectivity index (χ0v) is 12.9. The minimum atomic E-state index is -0.0162. The first kappa shape index (κ1) is 14.8. The summed E-state index contributed by atoms with van der Waals surface area (Å²) in [6.07, 6.45) is 0.822. The van der Waals surface area contributed by atoms with Gasteiger partial charge in [-0.2, -0.15) is 0 Å². The predicted molar refractivity (Wildman–Crippen MR) is 84.4 cm³/mol. The van der Waals surface area contributed by atoms with Gasteiger partial charge in [-0.05, 0) is 25.0 Å². The van der Waals surface area contributed by atoms with Crippen molar-refractivity contribution in [3.63, 3.8) is 0 Å². The molecule has 1 amide bonds. The summed E-state index contributed by atoms with van der Waals surface area (Å²) >= 11 is 1.47. The first-order valence-electron chi connectivity index (χ1n) is 6.57. The molecule has 0 fully saturated rings. The summed E-state index contributed by atoms with van der Waals surface area (Å²) in [4.78, 5) is 14.8. The van der Waals surface area contributed by atoms with Crippen molar-refractivity contribution in [3.8, 4) is 0 Å². The first-order valence-corrected chi connectivity index (χ1v) is 7.39. The zero-order valence-electron chi connectivity index (χ0n) is 12.1. The monoisotopic (exact) mass is 292 g/mol. The number of nitrogen functional groups attached to an aromatic ring is 1. The highest BCUT2D eigenvalue weighted by molar-refractivity contribution is 7.21. The van der Waals surface area contributed by atoms with Crippen LogP contribution in [0.15, 0.2) is 18.2 Å². The summed E-state index contributed by atoms with van der Waals surface area (Å²) in [6.45, 7) is 3.35. The van der Waals surface area contributed by atoms with Crippen molar-refractivity contribution >= 4 is 33.0 Å². The number of carbonyl (C=O) groups excluding carboxylic acids is 1. The molecule has 2 N–H and O–H groups in total. The fourth-order valence-electron chi connectivity index (χ4n) is 2.10. The van der Waals surface area contributed by atoms with E-state index in [9.17, 15) is 4.79 Å². The molecule has 0 radical (unpaired) electrons. The Balaban J connectivity index is 2.23. The third-order valence-corrected chi connectivity index (χ3v) is 4.42. The Kier molecular flexibility index (Phi) is 4.62. The van der Waals surface area contributed by atoms with Crippen LogP contribution in [0, 0.1) is 6.92 Å². The second kappa shape index (κ2) is 6.24. The van der Waals surface area contributed by atoms with Gasteiger partial charge in [-0.1, -0.05) is 12.1 Å². The van der Waals surface area contributed by atoms with Gasteiger partial charge in [0, 0.05) is 37.4 Å².